The van der Waals surface area contributed by atoms with Crippen molar-refractivity contribution in [1.82, 2.24) is 4.90 Å². The van der Waals surface area contributed by atoms with Crippen LogP contribution in [0.3, 0.4) is 0 Å². The summed E-state index contributed by atoms with van der Waals surface area (Å²) in [6.45, 7) is 1.01. The van der Waals surface area contributed by atoms with Crippen molar-refractivity contribution in [1.29, 1.82) is 0 Å². The maximum Gasteiger partial charge on any atom is 0.327 e. The standard InChI is InChI=1S/C8H17NO4P/c10-6-5-9-4-2-1-3-8(9)7-14(11,12)13/h8H,1-7H2,(H2,11,12,13). The third kappa shape index (κ3) is 4.07. The Morgan fingerprint density at radius 2 is 2.07 bits per heavy atom. The first-order valence-electron chi connectivity index (χ1n) is 4.89. The smallest absolute Gasteiger partial charge is 0.324 e. The van der Waals surface area contributed by atoms with Gasteiger partial charge in [-0.15, -0.1) is 0 Å². The first-order valence-corrected chi connectivity index (χ1v) is 6.69. The molecular formula is C8H17NO4P. The van der Waals surface area contributed by atoms with Gasteiger partial charge < -0.3 is 9.79 Å². The molecule has 1 atom stereocenters. The van der Waals surface area contributed by atoms with Gasteiger partial charge in [0.05, 0.1) is 12.8 Å². The Bertz CT molecular complexity index is 215. The quantitative estimate of drug-likeness (QED) is 0.677. The van der Waals surface area contributed by atoms with E-state index in [1.807, 2.05) is 4.90 Å². The fourth-order valence-electron chi connectivity index (χ4n) is 1.95. The van der Waals surface area contributed by atoms with Crippen molar-refractivity contribution in [2.75, 3.05) is 25.9 Å². The van der Waals surface area contributed by atoms with E-state index >= 15 is 0 Å². The molecule has 0 spiro atoms. The normalized spacial score (nSPS) is 25.2. The topological polar surface area (TPSA) is 80.7 Å². The highest BCUT2D eigenvalue weighted by Gasteiger charge is 2.28. The molecule has 5 nitrogen and oxygen atoms in total. The van der Waals surface area contributed by atoms with Gasteiger partial charge in [-0.25, -0.2) is 5.11 Å². The fraction of sp³-hybridized carbons (Fsp3) is 1.00. The van der Waals surface area contributed by atoms with Crippen molar-refractivity contribution in [3.63, 3.8) is 0 Å². The molecule has 1 radical (unpaired) electrons. The predicted octanol–water partition coefficient (Wildman–Crippen LogP) is 0.449. The first-order chi connectivity index (χ1) is 6.53. The molecule has 1 unspecified atom stereocenters. The minimum Gasteiger partial charge on any atom is -0.324 e. The van der Waals surface area contributed by atoms with Crippen LogP contribution in [0.5, 0.6) is 0 Å². The molecule has 0 saturated carbocycles. The van der Waals surface area contributed by atoms with Crippen LogP contribution >= 0.6 is 7.60 Å². The molecule has 1 fully saturated rings. The molecule has 0 aromatic carbocycles. The van der Waals surface area contributed by atoms with E-state index in [0.29, 0.717) is 6.54 Å². The summed E-state index contributed by atoms with van der Waals surface area (Å²) < 4.78 is 10.8. The van der Waals surface area contributed by atoms with Gasteiger partial charge in [0.1, 0.15) is 0 Å². The molecule has 0 aromatic heterocycles. The average molecular weight is 222 g/mol. The lowest BCUT2D eigenvalue weighted by atomic mass is 10.0. The summed E-state index contributed by atoms with van der Waals surface area (Å²) in [5.41, 5.74) is 0. The predicted molar refractivity (Wildman–Crippen MR) is 51.7 cm³/mol. The van der Waals surface area contributed by atoms with Crippen LogP contribution in [0.2, 0.25) is 0 Å². The van der Waals surface area contributed by atoms with Crippen molar-refractivity contribution in [2.24, 2.45) is 0 Å². The first kappa shape index (κ1) is 12.1. The molecule has 14 heavy (non-hydrogen) atoms. The van der Waals surface area contributed by atoms with Crippen LogP contribution in [-0.4, -0.2) is 46.6 Å². The van der Waals surface area contributed by atoms with Gasteiger partial charge in [-0.05, 0) is 19.4 Å². The van der Waals surface area contributed by atoms with Crippen molar-refractivity contribution in [3.8, 4) is 0 Å². The molecule has 0 aliphatic carbocycles. The summed E-state index contributed by atoms with van der Waals surface area (Å²) in [6.07, 6.45) is 2.72. The SMILES string of the molecule is [O]CCN1CCCCC1CP(=O)(O)O. The lowest BCUT2D eigenvalue weighted by Gasteiger charge is -2.35. The molecule has 1 rings (SSSR count). The van der Waals surface area contributed by atoms with Crippen LogP contribution in [-0.2, 0) is 9.67 Å². The van der Waals surface area contributed by atoms with Gasteiger partial charge in [-0.2, -0.15) is 0 Å². The van der Waals surface area contributed by atoms with Gasteiger partial charge in [0.2, 0.25) is 0 Å². The lowest BCUT2D eigenvalue weighted by molar-refractivity contribution is 0.0963. The molecule has 2 N–H and O–H groups in total. The Morgan fingerprint density at radius 1 is 1.36 bits per heavy atom. The summed E-state index contributed by atoms with van der Waals surface area (Å²) in [5.74, 6) is 0. The van der Waals surface area contributed by atoms with E-state index in [-0.39, 0.29) is 18.8 Å². The molecular weight excluding hydrogens is 205 g/mol. The van der Waals surface area contributed by atoms with Gasteiger partial charge in [-0.3, -0.25) is 9.46 Å². The summed E-state index contributed by atoms with van der Waals surface area (Å²) in [6, 6.07) is -0.0986. The molecule has 0 amide bonds. The lowest BCUT2D eigenvalue weighted by Crippen LogP contribution is -2.43. The second kappa shape index (κ2) is 5.24. The minimum absolute atomic E-state index is 0.0986. The second-order valence-electron chi connectivity index (χ2n) is 3.74. The maximum atomic E-state index is 10.8. The molecule has 6 heteroatoms. The highest BCUT2D eigenvalue weighted by molar-refractivity contribution is 7.51. The summed E-state index contributed by atoms with van der Waals surface area (Å²) in [7, 11) is -3.94. The van der Waals surface area contributed by atoms with Crippen molar-refractivity contribution >= 4 is 7.60 Å². The number of nitrogens with zero attached hydrogens (tertiary/aromatic N) is 1. The summed E-state index contributed by atoms with van der Waals surface area (Å²) in [4.78, 5) is 19.6. The Labute approximate surface area is 83.9 Å². The maximum absolute atomic E-state index is 10.8. The van der Waals surface area contributed by atoms with Crippen LogP contribution < -0.4 is 0 Å². The highest BCUT2D eigenvalue weighted by atomic mass is 31.2. The number of likely N-dealkylation sites (tertiary alicyclic amines) is 1. The number of hydrogen-bond acceptors (Lipinski definition) is 2. The minimum atomic E-state index is -3.94. The van der Waals surface area contributed by atoms with Crippen molar-refractivity contribution < 1.29 is 19.5 Å². The Hall–Kier alpha value is 0.0700. The number of hydrogen-bond donors (Lipinski definition) is 2. The molecule has 83 valence electrons. The molecule has 0 bridgehead atoms. The van der Waals surface area contributed by atoms with Crippen LogP contribution in [0.4, 0.5) is 0 Å². The zero-order valence-electron chi connectivity index (χ0n) is 8.13. The van der Waals surface area contributed by atoms with Gasteiger partial charge in [0, 0.05) is 12.6 Å². The van der Waals surface area contributed by atoms with E-state index in [1.54, 1.807) is 0 Å². The molecule has 1 aliphatic rings. The highest BCUT2D eigenvalue weighted by Crippen LogP contribution is 2.38. The summed E-state index contributed by atoms with van der Waals surface area (Å²) >= 11 is 0. The Morgan fingerprint density at radius 3 is 2.64 bits per heavy atom. The van der Waals surface area contributed by atoms with Gasteiger partial charge in [0.25, 0.3) is 0 Å². The fourth-order valence-corrected chi connectivity index (χ4v) is 2.92. The second-order valence-corrected chi connectivity index (χ2v) is 5.43. The molecule has 0 aromatic rings. The Kier molecular flexibility index (Phi) is 4.54. The molecule has 1 saturated heterocycles. The largest absolute Gasteiger partial charge is 0.327 e. The van der Waals surface area contributed by atoms with Crippen LogP contribution in [0.1, 0.15) is 19.3 Å². The van der Waals surface area contributed by atoms with E-state index in [0.717, 1.165) is 25.8 Å². The third-order valence-corrected chi connectivity index (χ3v) is 3.47. The zero-order valence-corrected chi connectivity index (χ0v) is 9.03. The van der Waals surface area contributed by atoms with Gasteiger partial charge in [0.15, 0.2) is 0 Å². The summed E-state index contributed by atoms with van der Waals surface area (Å²) in [5, 5.41) is 10.5. The van der Waals surface area contributed by atoms with E-state index < -0.39 is 7.60 Å². The van der Waals surface area contributed by atoms with Crippen molar-refractivity contribution in [2.45, 2.75) is 25.3 Å². The average Bonchev–Trinajstić information content (AvgIpc) is 2.06. The van der Waals surface area contributed by atoms with Crippen LogP contribution in [0.25, 0.3) is 0 Å². The third-order valence-electron chi connectivity index (χ3n) is 2.58. The zero-order chi connectivity index (χ0) is 10.6. The van der Waals surface area contributed by atoms with E-state index in [2.05, 4.69) is 0 Å². The van der Waals surface area contributed by atoms with E-state index in [4.69, 9.17) is 9.79 Å². The Balaban J connectivity index is 2.49. The van der Waals surface area contributed by atoms with Gasteiger partial charge >= 0.3 is 7.60 Å². The molecule has 1 heterocycles. The number of piperidine rings is 1. The van der Waals surface area contributed by atoms with Crippen LogP contribution in [0, 0.1) is 0 Å². The van der Waals surface area contributed by atoms with Crippen molar-refractivity contribution in [3.05, 3.63) is 0 Å². The van der Waals surface area contributed by atoms with Gasteiger partial charge in [-0.1, -0.05) is 6.42 Å². The van der Waals surface area contributed by atoms with Crippen LogP contribution in [0.15, 0.2) is 0 Å². The van der Waals surface area contributed by atoms with E-state index in [1.165, 1.54) is 0 Å². The monoisotopic (exact) mass is 222 g/mol. The van der Waals surface area contributed by atoms with E-state index in [9.17, 15) is 9.67 Å². The number of rotatable bonds is 4. The molecule has 1 aliphatic heterocycles.